The molecule has 1 saturated heterocycles. The molecule has 5 rings (SSSR count). The van der Waals surface area contributed by atoms with Crippen molar-refractivity contribution < 1.29 is 23.9 Å². The first-order valence-corrected chi connectivity index (χ1v) is 11.9. The molecule has 2 aromatic carbocycles. The van der Waals surface area contributed by atoms with Gasteiger partial charge in [-0.15, -0.1) is 11.3 Å². The number of ether oxygens (including phenoxy) is 2. The molecular formula is C25H23N3O5S. The number of piperazine rings is 1. The van der Waals surface area contributed by atoms with Crippen LogP contribution in [0.15, 0.2) is 66.0 Å². The van der Waals surface area contributed by atoms with Gasteiger partial charge in [0.2, 0.25) is 6.10 Å². The second-order valence-electron chi connectivity index (χ2n) is 7.99. The van der Waals surface area contributed by atoms with Crippen LogP contribution < -0.4 is 14.8 Å². The highest BCUT2D eigenvalue weighted by atomic mass is 32.1. The van der Waals surface area contributed by atoms with Crippen LogP contribution in [0.5, 0.6) is 11.5 Å². The third kappa shape index (κ3) is 4.60. The van der Waals surface area contributed by atoms with Crippen LogP contribution in [-0.2, 0) is 4.79 Å². The number of hydrogen-bond donors (Lipinski definition) is 1. The summed E-state index contributed by atoms with van der Waals surface area (Å²) in [5.41, 5.74) is 1.16. The van der Waals surface area contributed by atoms with Gasteiger partial charge in [0.25, 0.3) is 17.7 Å². The van der Waals surface area contributed by atoms with Gasteiger partial charge in [-0.05, 0) is 47.8 Å². The second kappa shape index (κ2) is 9.56. The van der Waals surface area contributed by atoms with Crippen LogP contribution in [-0.4, -0.2) is 66.4 Å². The number of nitrogens with zero attached hydrogens (tertiary/aromatic N) is 2. The van der Waals surface area contributed by atoms with Gasteiger partial charge in [0.1, 0.15) is 6.61 Å². The smallest absolute Gasteiger partial charge is 0.267 e. The predicted molar refractivity (Wildman–Crippen MR) is 128 cm³/mol. The quantitative estimate of drug-likeness (QED) is 0.624. The van der Waals surface area contributed by atoms with E-state index >= 15 is 0 Å². The molecule has 0 radical (unpaired) electrons. The fourth-order valence-corrected chi connectivity index (χ4v) is 4.57. The van der Waals surface area contributed by atoms with E-state index in [0.717, 1.165) is 0 Å². The van der Waals surface area contributed by atoms with Crippen LogP contribution in [0.1, 0.15) is 20.0 Å². The largest absolute Gasteiger partial charge is 0.485 e. The lowest BCUT2D eigenvalue weighted by Crippen LogP contribution is -2.55. The van der Waals surface area contributed by atoms with Crippen molar-refractivity contribution in [3.05, 3.63) is 76.5 Å². The molecule has 0 spiro atoms. The molecule has 2 aliphatic heterocycles. The Labute approximate surface area is 200 Å². The van der Waals surface area contributed by atoms with Crippen molar-refractivity contribution in [2.45, 2.75) is 6.10 Å². The van der Waals surface area contributed by atoms with Gasteiger partial charge in [-0.3, -0.25) is 14.4 Å². The first kappa shape index (κ1) is 22.0. The lowest BCUT2D eigenvalue weighted by atomic mass is 10.1. The van der Waals surface area contributed by atoms with Gasteiger partial charge in [-0.25, -0.2) is 0 Å². The lowest BCUT2D eigenvalue weighted by molar-refractivity contribution is -0.142. The van der Waals surface area contributed by atoms with Crippen LogP contribution in [0.3, 0.4) is 0 Å². The number of fused-ring (bicyclic) bond motifs is 1. The maximum atomic E-state index is 12.9. The number of amides is 3. The highest BCUT2D eigenvalue weighted by molar-refractivity contribution is 7.12. The van der Waals surface area contributed by atoms with E-state index in [0.29, 0.717) is 53.8 Å². The van der Waals surface area contributed by atoms with Crippen molar-refractivity contribution in [2.24, 2.45) is 0 Å². The standard InChI is InChI=1S/C25H23N3O5S/c29-23(22-6-3-15-34-22)26-18-9-7-17(8-10-18)24(30)27-11-13-28(14-12-27)25(31)21-16-32-19-4-1-2-5-20(19)33-21/h1-10,15,21H,11-14,16H2,(H,26,29)/t21-/m1/s1. The van der Waals surface area contributed by atoms with Crippen LogP contribution in [0.2, 0.25) is 0 Å². The summed E-state index contributed by atoms with van der Waals surface area (Å²) in [6, 6.07) is 17.7. The third-order valence-electron chi connectivity index (χ3n) is 5.80. The van der Waals surface area contributed by atoms with Crippen molar-refractivity contribution in [3.8, 4) is 11.5 Å². The molecule has 8 nitrogen and oxygen atoms in total. The molecule has 0 unspecified atom stereocenters. The maximum Gasteiger partial charge on any atom is 0.267 e. The van der Waals surface area contributed by atoms with E-state index in [4.69, 9.17) is 9.47 Å². The van der Waals surface area contributed by atoms with Gasteiger partial charge in [-0.1, -0.05) is 18.2 Å². The molecule has 3 aromatic rings. The SMILES string of the molecule is O=C(Nc1ccc(C(=O)N2CCN(C(=O)[C@H]3COc4ccccc4O3)CC2)cc1)c1cccs1. The number of para-hydroxylation sites is 2. The van der Waals surface area contributed by atoms with Crippen molar-refractivity contribution >= 4 is 34.7 Å². The first-order chi connectivity index (χ1) is 16.6. The summed E-state index contributed by atoms with van der Waals surface area (Å²) in [6.07, 6.45) is -0.686. The van der Waals surface area contributed by atoms with Gasteiger partial charge in [0.05, 0.1) is 4.88 Å². The summed E-state index contributed by atoms with van der Waals surface area (Å²) in [6.45, 7) is 1.91. The highest BCUT2D eigenvalue weighted by Crippen LogP contribution is 2.31. The second-order valence-corrected chi connectivity index (χ2v) is 8.94. The van der Waals surface area contributed by atoms with Gasteiger partial charge < -0.3 is 24.6 Å². The summed E-state index contributed by atoms with van der Waals surface area (Å²) in [5.74, 6) is 0.794. The Morgan fingerprint density at radius 1 is 0.853 bits per heavy atom. The molecule has 9 heteroatoms. The molecule has 3 heterocycles. The summed E-state index contributed by atoms with van der Waals surface area (Å²) in [5, 5.41) is 4.67. The molecule has 0 aliphatic carbocycles. The summed E-state index contributed by atoms with van der Waals surface area (Å²) in [4.78, 5) is 42.1. The fraction of sp³-hybridized carbons (Fsp3) is 0.240. The van der Waals surface area contributed by atoms with Crippen LogP contribution >= 0.6 is 11.3 Å². The van der Waals surface area contributed by atoms with Gasteiger partial charge >= 0.3 is 0 Å². The lowest BCUT2D eigenvalue weighted by Gasteiger charge is -2.37. The Morgan fingerprint density at radius 3 is 2.26 bits per heavy atom. The van der Waals surface area contributed by atoms with E-state index < -0.39 is 6.10 Å². The number of carbonyl (C=O) groups is 3. The number of carbonyl (C=O) groups excluding carboxylic acids is 3. The molecule has 174 valence electrons. The Morgan fingerprint density at radius 2 is 1.56 bits per heavy atom. The normalized spacial score (nSPS) is 17.2. The van der Waals surface area contributed by atoms with E-state index in [1.54, 1.807) is 46.2 Å². The predicted octanol–water partition coefficient (Wildman–Crippen LogP) is 3.12. The average Bonchev–Trinajstić information content (AvgIpc) is 3.43. The van der Waals surface area contributed by atoms with E-state index in [1.807, 2.05) is 29.6 Å². The Hall–Kier alpha value is -3.85. The Bertz CT molecular complexity index is 1190. The van der Waals surface area contributed by atoms with Crippen molar-refractivity contribution in [1.82, 2.24) is 9.80 Å². The molecular weight excluding hydrogens is 454 g/mol. The summed E-state index contributed by atoms with van der Waals surface area (Å²) in [7, 11) is 0. The molecule has 0 bridgehead atoms. The average molecular weight is 478 g/mol. The van der Waals surface area contributed by atoms with E-state index in [1.165, 1.54) is 11.3 Å². The molecule has 34 heavy (non-hydrogen) atoms. The van der Waals surface area contributed by atoms with Gasteiger partial charge in [0.15, 0.2) is 11.5 Å². The van der Waals surface area contributed by atoms with Crippen LogP contribution in [0.4, 0.5) is 5.69 Å². The van der Waals surface area contributed by atoms with Crippen molar-refractivity contribution in [1.29, 1.82) is 0 Å². The first-order valence-electron chi connectivity index (χ1n) is 11.0. The van der Waals surface area contributed by atoms with Crippen molar-refractivity contribution in [2.75, 3.05) is 38.1 Å². The molecule has 1 N–H and O–H groups in total. The summed E-state index contributed by atoms with van der Waals surface area (Å²) >= 11 is 1.37. The summed E-state index contributed by atoms with van der Waals surface area (Å²) < 4.78 is 11.5. The maximum absolute atomic E-state index is 12.9. The zero-order valence-corrected chi connectivity index (χ0v) is 19.1. The minimum absolute atomic E-state index is 0.102. The zero-order chi connectivity index (χ0) is 23.5. The van der Waals surface area contributed by atoms with E-state index in [9.17, 15) is 14.4 Å². The molecule has 1 atom stereocenters. The van der Waals surface area contributed by atoms with Crippen molar-refractivity contribution in [3.63, 3.8) is 0 Å². The molecule has 0 saturated carbocycles. The zero-order valence-electron chi connectivity index (χ0n) is 18.3. The molecule has 1 fully saturated rings. The number of benzene rings is 2. The van der Waals surface area contributed by atoms with E-state index in [2.05, 4.69) is 5.32 Å². The fourth-order valence-electron chi connectivity index (χ4n) is 3.95. The third-order valence-corrected chi connectivity index (χ3v) is 6.67. The topological polar surface area (TPSA) is 88.2 Å². The van der Waals surface area contributed by atoms with Gasteiger partial charge in [-0.2, -0.15) is 0 Å². The molecule has 1 aromatic heterocycles. The minimum atomic E-state index is -0.686. The monoisotopic (exact) mass is 477 g/mol. The molecule has 2 aliphatic rings. The van der Waals surface area contributed by atoms with Crippen LogP contribution in [0, 0.1) is 0 Å². The highest BCUT2D eigenvalue weighted by Gasteiger charge is 2.33. The van der Waals surface area contributed by atoms with Crippen LogP contribution in [0.25, 0.3) is 0 Å². The Kier molecular flexibility index (Phi) is 6.18. The number of nitrogens with one attached hydrogen (secondary N) is 1. The minimum Gasteiger partial charge on any atom is -0.485 e. The number of hydrogen-bond acceptors (Lipinski definition) is 6. The van der Waals surface area contributed by atoms with Gasteiger partial charge in [0, 0.05) is 37.4 Å². The van der Waals surface area contributed by atoms with E-state index in [-0.39, 0.29) is 24.3 Å². The Balaban J connectivity index is 1.14. The number of anilines is 1. The number of rotatable bonds is 4. The molecule has 3 amide bonds. The number of thiophene rings is 1.